The quantitative estimate of drug-likeness (QED) is 0.105. The van der Waals surface area contributed by atoms with E-state index in [0.29, 0.717) is 8.64 Å². The van der Waals surface area contributed by atoms with Gasteiger partial charge >= 0.3 is 0 Å². The zero-order valence-electron chi connectivity index (χ0n) is 11.4. The smallest absolute Gasteiger partial charge is 0.142 e. The molecule has 0 heterocycles. The van der Waals surface area contributed by atoms with Gasteiger partial charge in [0, 0.05) is 11.5 Å². The van der Waals surface area contributed by atoms with Crippen LogP contribution < -0.4 is 11.5 Å². The van der Waals surface area contributed by atoms with E-state index < -0.39 is 0 Å². The highest BCUT2D eigenvalue weighted by atomic mass is 33.9. The van der Waals surface area contributed by atoms with E-state index in [-0.39, 0.29) is 0 Å². The minimum absolute atomic E-state index is 0.492. The highest BCUT2D eigenvalue weighted by molar-refractivity contribution is 9.43. The summed E-state index contributed by atoms with van der Waals surface area (Å²) in [7, 11) is 20.6. The molecule has 0 unspecified atom stereocenters. The minimum atomic E-state index is 0.492. The Morgan fingerprint density at radius 1 is 0.565 bits per heavy atom. The lowest BCUT2D eigenvalue weighted by molar-refractivity contribution is 0.788. The van der Waals surface area contributed by atoms with Crippen molar-refractivity contribution >= 4 is 155 Å². The standard InChI is InChI=1S/C7H14N2S14/c8-6(10)14-18-22-20-16-12-4-2-1-3-5-13-17-21-23-19-15-7(9)11/h1-5H2,(H2,8,10)(H2,9,11). The van der Waals surface area contributed by atoms with E-state index in [1.54, 1.807) is 59.0 Å². The molecule has 0 radical (unpaired) electrons. The maximum atomic E-state index is 5.39. The van der Waals surface area contributed by atoms with Crippen LogP contribution in [0, 0.1) is 0 Å². The number of hydrogen-bond donors (Lipinski definition) is 2. The summed E-state index contributed by atoms with van der Waals surface area (Å²) < 4.78 is 0.983. The minimum Gasteiger partial charge on any atom is -0.384 e. The normalized spacial score (nSPS) is 10.8. The predicted molar refractivity (Wildman–Crippen MR) is 148 cm³/mol. The van der Waals surface area contributed by atoms with Crippen LogP contribution in [0.4, 0.5) is 0 Å². The summed E-state index contributed by atoms with van der Waals surface area (Å²) in [5.41, 5.74) is 10.8. The zero-order chi connectivity index (χ0) is 17.2. The summed E-state index contributed by atoms with van der Waals surface area (Å²) in [4.78, 5) is 0. The Morgan fingerprint density at radius 2 is 0.957 bits per heavy atom. The number of rotatable bonds is 16. The van der Waals surface area contributed by atoms with Crippen molar-refractivity contribution < 1.29 is 0 Å². The van der Waals surface area contributed by atoms with Crippen LogP contribution in [0.1, 0.15) is 19.3 Å². The lowest BCUT2D eigenvalue weighted by Crippen LogP contribution is -1.98. The first-order chi connectivity index (χ1) is 11.1. The maximum Gasteiger partial charge on any atom is 0.142 e. The average Bonchev–Trinajstić information content (AvgIpc) is 2.49. The van der Waals surface area contributed by atoms with Crippen molar-refractivity contribution in [1.29, 1.82) is 0 Å². The first-order valence-corrected chi connectivity index (χ1v) is 21.8. The molecule has 0 saturated carbocycles. The summed E-state index contributed by atoms with van der Waals surface area (Å²) >= 11 is 9.56. The molecule has 0 aromatic carbocycles. The average molecular weight is 575 g/mol. The summed E-state index contributed by atoms with van der Waals surface area (Å²) in [6.07, 6.45) is 3.87. The van der Waals surface area contributed by atoms with Crippen molar-refractivity contribution in [2.45, 2.75) is 19.3 Å². The van der Waals surface area contributed by atoms with Crippen molar-refractivity contribution in [2.24, 2.45) is 11.5 Å². The fourth-order valence-corrected chi connectivity index (χ4v) is 23.5. The second-order valence-electron chi connectivity index (χ2n) is 3.05. The Bertz CT molecular complexity index is 275. The molecule has 0 bridgehead atoms. The third kappa shape index (κ3) is 26.0. The van der Waals surface area contributed by atoms with Gasteiger partial charge in [-0.25, -0.2) is 0 Å². The molecule has 0 atom stereocenters. The van der Waals surface area contributed by atoms with Gasteiger partial charge in [0.05, 0.1) is 0 Å². The number of unbranched alkanes of at least 4 members (excludes halogenated alkanes) is 2. The Balaban J connectivity index is 3.00. The lowest BCUT2D eigenvalue weighted by Gasteiger charge is -2.01. The molecular weight excluding hydrogens is 561 g/mol. The van der Waals surface area contributed by atoms with Crippen molar-refractivity contribution in [2.75, 3.05) is 11.5 Å². The fraction of sp³-hybridized carbons (Fsp3) is 0.714. The van der Waals surface area contributed by atoms with E-state index in [1.165, 1.54) is 52.4 Å². The molecule has 2 nitrogen and oxygen atoms in total. The zero-order valence-corrected chi connectivity index (χ0v) is 22.8. The lowest BCUT2D eigenvalue weighted by atomic mass is 10.3. The summed E-state index contributed by atoms with van der Waals surface area (Å²) in [5.74, 6) is 2.42. The summed E-state index contributed by atoms with van der Waals surface area (Å²) in [6.45, 7) is 0. The van der Waals surface area contributed by atoms with Gasteiger partial charge in [-0.05, 0) is 113 Å². The second kappa shape index (κ2) is 22.3. The van der Waals surface area contributed by atoms with Crippen molar-refractivity contribution in [3.05, 3.63) is 0 Å². The third-order valence-electron chi connectivity index (χ3n) is 1.45. The Hall–Kier alpha value is 3.98. The van der Waals surface area contributed by atoms with E-state index in [0.717, 1.165) is 0 Å². The summed E-state index contributed by atoms with van der Waals surface area (Å²) in [6, 6.07) is 0. The fourth-order valence-electron chi connectivity index (χ4n) is 0.746. The van der Waals surface area contributed by atoms with Crippen molar-refractivity contribution in [3.63, 3.8) is 0 Å². The molecule has 4 N–H and O–H groups in total. The van der Waals surface area contributed by atoms with Crippen molar-refractivity contribution in [3.8, 4) is 0 Å². The molecule has 0 amide bonds. The van der Waals surface area contributed by atoms with Crippen LogP contribution >= 0.6 is 146 Å². The Kier molecular flexibility index (Phi) is 26.1. The molecule has 0 aliphatic heterocycles. The van der Waals surface area contributed by atoms with Gasteiger partial charge in [-0.2, -0.15) is 0 Å². The van der Waals surface area contributed by atoms with Crippen LogP contribution in [-0.4, -0.2) is 20.1 Å². The largest absolute Gasteiger partial charge is 0.384 e. The molecule has 0 aliphatic carbocycles. The van der Waals surface area contributed by atoms with Gasteiger partial charge in [-0.1, -0.05) is 52.4 Å². The van der Waals surface area contributed by atoms with Crippen LogP contribution in [0.5, 0.6) is 0 Å². The second-order valence-corrected chi connectivity index (χ2v) is 23.5. The van der Waals surface area contributed by atoms with Crippen LogP contribution in [-0.2, 0) is 0 Å². The van der Waals surface area contributed by atoms with Gasteiger partial charge in [0.25, 0.3) is 0 Å². The van der Waals surface area contributed by atoms with Gasteiger partial charge in [0.2, 0.25) is 0 Å². The van der Waals surface area contributed by atoms with E-state index in [2.05, 4.69) is 0 Å². The highest BCUT2D eigenvalue weighted by Gasteiger charge is 1.98. The van der Waals surface area contributed by atoms with Gasteiger partial charge in [-0.15, -0.1) is 0 Å². The van der Waals surface area contributed by atoms with Crippen molar-refractivity contribution in [1.82, 2.24) is 0 Å². The summed E-state index contributed by atoms with van der Waals surface area (Å²) in [5, 5.41) is 0. The first-order valence-electron chi connectivity index (χ1n) is 5.64. The topological polar surface area (TPSA) is 52.0 Å². The number of nitrogens with two attached hydrogens (primary N) is 2. The third-order valence-corrected chi connectivity index (χ3v) is 23.5. The van der Waals surface area contributed by atoms with E-state index in [9.17, 15) is 0 Å². The molecule has 16 heteroatoms. The molecule has 0 aliphatic rings. The van der Waals surface area contributed by atoms with Crippen LogP contribution in [0.25, 0.3) is 0 Å². The van der Waals surface area contributed by atoms with Gasteiger partial charge < -0.3 is 11.5 Å². The molecular formula is C7H14N2S14. The van der Waals surface area contributed by atoms with Gasteiger partial charge in [0.15, 0.2) is 0 Å². The van der Waals surface area contributed by atoms with Gasteiger partial charge in [0.1, 0.15) is 8.64 Å². The predicted octanol–water partition coefficient (Wildman–Crippen LogP) is 8.59. The Labute approximate surface area is 194 Å². The molecule has 0 aromatic heterocycles. The molecule has 136 valence electrons. The SMILES string of the molecule is NC(=S)SSSSSSCCCCCSSSSSSC(N)=S. The van der Waals surface area contributed by atoms with E-state index in [1.807, 2.05) is 41.2 Å². The molecule has 23 heavy (non-hydrogen) atoms. The maximum absolute atomic E-state index is 5.39. The van der Waals surface area contributed by atoms with E-state index >= 15 is 0 Å². The number of thiocarbonyl (C=S) groups is 2. The van der Waals surface area contributed by atoms with Crippen LogP contribution in [0.15, 0.2) is 0 Å². The molecule has 0 saturated heterocycles. The monoisotopic (exact) mass is 574 g/mol. The molecule has 0 spiro atoms. The molecule has 0 aromatic rings. The molecule has 0 rings (SSSR count). The number of hydrogen-bond acceptors (Lipinski definition) is 14. The Morgan fingerprint density at radius 3 is 1.35 bits per heavy atom. The molecule has 0 fully saturated rings. The van der Waals surface area contributed by atoms with E-state index in [4.69, 9.17) is 35.9 Å². The van der Waals surface area contributed by atoms with Crippen LogP contribution in [0.2, 0.25) is 0 Å². The first kappa shape index (κ1) is 27.0. The highest BCUT2D eigenvalue weighted by Crippen LogP contribution is 2.53. The van der Waals surface area contributed by atoms with Gasteiger partial charge in [-0.3, -0.25) is 0 Å². The van der Waals surface area contributed by atoms with Crippen LogP contribution in [0.3, 0.4) is 0 Å².